The summed E-state index contributed by atoms with van der Waals surface area (Å²) >= 11 is 6.47. The summed E-state index contributed by atoms with van der Waals surface area (Å²) in [5, 5.41) is 41.3. The van der Waals surface area contributed by atoms with E-state index in [9.17, 15) is 20.4 Å². The molecule has 2 saturated heterocycles. The zero-order valence-corrected chi connectivity index (χ0v) is 20.8. The van der Waals surface area contributed by atoms with Gasteiger partial charge >= 0.3 is 0 Å². The fourth-order valence-electron chi connectivity index (χ4n) is 4.54. The highest BCUT2D eigenvalue weighted by atomic mass is 35.5. The van der Waals surface area contributed by atoms with Gasteiger partial charge in [0, 0.05) is 24.3 Å². The molecule has 2 aliphatic heterocycles. The number of halogens is 1. The van der Waals surface area contributed by atoms with Crippen LogP contribution in [0.5, 0.6) is 5.75 Å². The predicted molar refractivity (Wildman–Crippen MR) is 130 cm³/mol. The summed E-state index contributed by atoms with van der Waals surface area (Å²) in [6, 6.07) is 12.6. The monoisotopic (exact) mass is 524 g/mol. The molecule has 10 heteroatoms. The van der Waals surface area contributed by atoms with Gasteiger partial charge in [0.25, 0.3) is 0 Å². The van der Waals surface area contributed by atoms with E-state index in [1.165, 1.54) is 7.11 Å². The van der Waals surface area contributed by atoms with Gasteiger partial charge < -0.3 is 44.1 Å². The number of methoxy groups -OCH3 is 1. The Morgan fingerprint density at radius 3 is 2.50 bits per heavy atom. The number of ether oxygens (including phenoxy) is 5. The van der Waals surface area contributed by atoms with Crippen LogP contribution in [0.4, 0.5) is 0 Å². The molecule has 1 unspecified atom stereocenters. The van der Waals surface area contributed by atoms with Crippen molar-refractivity contribution in [1.29, 1.82) is 0 Å². The fraction of sp³-hybridized carbons (Fsp3) is 0.538. The van der Waals surface area contributed by atoms with Gasteiger partial charge in [-0.1, -0.05) is 29.8 Å². The molecule has 6 atom stereocenters. The van der Waals surface area contributed by atoms with E-state index >= 15 is 0 Å². The second-order valence-corrected chi connectivity index (χ2v) is 9.38. The number of hydrogen-bond donors (Lipinski definition) is 4. The van der Waals surface area contributed by atoms with Crippen LogP contribution in [0, 0.1) is 0 Å². The van der Waals surface area contributed by atoms with Crippen LogP contribution >= 0.6 is 11.6 Å². The molecule has 2 fully saturated rings. The van der Waals surface area contributed by atoms with Gasteiger partial charge in [-0.2, -0.15) is 0 Å². The molecule has 9 nitrogen and oxygen atoms in total. The molecule has 0 saturated carbocycles. The molecule has 0 aromatic heterocycles. The minimum atomic E-state index is -1.80. The Bertz CT molecular complexity index is 980. The Morgan fingerprint density at radius 2 is 1.83 bits per heavy atom. The first-order chi connectivity index (χ1) is 17.4. The summed E-state index contributed by atoms with van der Waals surface area (Å²) in [7, 11) is 1.32. The average molecular weight is 525 g/mol. The van der Waals surface area contributed by atoms with Gasteiger partial charge in [0.05, 0.1) is 25.9 Å². The molecule has 0 aliphatic carbocycles. The van der Waals surface area contributed by atoms with Crippen molar-refractivity contribution in [2.24, 2.45) is 0 Å². The van der Waals surface area contributed by atoms with Crippen LogP contribution in [-0.4, -0.2) is 91.1 Å². The van der Waals surface area contributed by atoms with Crippen molar-refractivity contribution in [3.05, 3.63) is 64.2 Å². The topological polar surface area (TPSA) is 127 Å². The summed E-state index contributed by atoms with van der Waals surface area (Å²) in [6.07, 6.45) is -4.26. The zero-order chi connectivity index (χ0) is 25.7. The molecule has 198 valence electrons. The maximum Gasteiger partial charge on any atom is 0.224 e. The molecule has 0 radical (unpaired) electrons. The normalized spacial score (nSPS) is 30.4. The van der Waals surface area contributed by atoms with E-state index in [2.05, 4.69) is 0 Å². The van der Waals surface area contributed by atoms with Gasteiger partial charge in [0.2, 0.25) is 5.79 Å². The van der Waals surface area contributed by atoms with Crippen LogP contribution in [0.2, 0.25) is 5.02 Å². The minimum Gasteiger partial charge on any atom is -0.491 e. The molecule has 2 heterocycles. The lowest BCUT2D eigenvalue weighted by Crippen LogP contribution is -2.64. The van der Waals surface area contributed by atoms with Crippen LogP contribution < -0.4 is 4.74 Å². The van der Waals surface area contributed by atoms with Gasteiger partial charge in [-0.3, -0.25) is 0 Å². The number of aliphatic hydroxyl groups excluding tert-OH is 4. The Morgan fingerprint density at radius 1 is 1.06 bits per heavy atom. The van der Waals surface area contributed by atoms with Crippen LogP contribution in [0.1, 0.15) is 23.1 Å². The van der Waals surface area contributed by atoms with E-state index in [0.717, 1.165) is 29.9 Å². The highest BCUT2D eigenvalue weighted by molar-refractivity contribution is 6.31. The molecule has 0 spiro atoms. The fourth-order valence-corrected chi connectivity index (χ4v) is 4.72. The van der Waals surface area contributed by atoms with Crippen molar-refractivity contribution in [2.45, 2.75) is 49.1 Å². The number of aliphatic hydroxyl groups is 4. The largest absolute Gasteiger partial charge is 0.491 e. The van der Waals surface area contributed by atoms with Crippen molar-refractivity contribution in [1.82, 2.24) is 0 Å². The summed E-state index contributed by atoms with van der Waals surface area (Å²) in [6.45, 7) is 1.76. The van der Waals surface area contributed by atoms with Crippen LogP contribution in [0.15, 0.2) is 42.5 Å². The number of rotatable bonds is 10. The molecule has 2 aliphatic rings. The number of hydrogen-bond acceptors (Lipinski definition) is 9. The van der Waals surface area contributed by atoms with Crippen molar-refractivity contribution >= 4 is 11.6 Å². The Kier molecular flexibility index (Phi) is 9.21. The second kappa shape index (κ2) is 12.2. The van der Waals surface area contributed by atoms with E-state index < -0.39 is 36.8 Å². The molecule has 0 bridgehead atoms. The number of benzene rings is 2. The van der Waals surface area contributed by atoms with Crippen molar-refractivity contribution < 1.29 is 44.1 Å². The third kappa shape index (κ3) is 5.85. The molecular formula is C26H33ClO9. The molecule has 0 amide bonds. The third-order valence-corrected chi connectivity index (χ3v) is 6.98. The first kappa shape index (κ1) is 27.3. The predicted octanol–water partition coefficient (Wildman–Crippen LogP) is 1.39. The lowest BCUT2D eigenvalue weighted by atomic mass is 9.87. The maximum atomic E-state index is 10.8. The van der Waals surface area contributed by atoms with E-state index in [4.69, 9.17) is 35.3 Å². The van der Waals surface area contributed by atoms with Crippen LogP contribution in [0.3, 0.4) is 0 Å². The van der Waals surface area contributed by atoms with Gasteiger partial charge in [-0.25, -0.2) is 0 Å². The maximum absolute atomic E-state index is 10.8. The van der Waals surface area contributed by atoms with E-state index in [0.29, 0.717) is 36.8 Å². The molecule has 36 heavy (non-hydrogen) atoms. The summed E-state index contributed by atoms with van der Waals surface area (Å²) in [5.74, 6) is -1.07. The van der Waals surface area contributed by atoms with Gasteiger partial charge in [0.1, 0.15) is 36.8 Å². The van der Waals surface area contributed by atoms with E-state index in [1.807, 2.05) is 24.3 Å². The molecule has 4 N–H and O–H groups in total. The van der Waals surface area contributed by atoms with Gasteiger partial charge in [-0.15, -0.1) is 0 Å². The second-order valence-electron chi connectivity index (χ2n) is 8.97. The molecular weight excluding hydrogens is 492 g/mol. The SMILES string of the molecule is COC1(c2ccc(Cl)c(Cc3ccc(OCCO[C@H]4CCOC4)cc3)c2)O[C@H](CO)[C@@H](O)[C@H](O)[C@H]1O. The van der Waals surface area contributed by atoms with Crippen molar-refractivity contribution in [2.75, 3.05) is 40.1 Å². The summed E-state index contributed by atoms with van der Waals surface area (Å²) < 4.78 is 28.1. The van der Waals surface area contributed by atoms with E-state index in [1.54, 1.807) is 18.2 Å². The highest BCUT2D eigenvalue weighted by Crippen LogP contribution is 2.40. The lowest BCUT2D eigenvalue weighted by molar-refractivity contribution is -0.366. The first-order valence-electron chi connectivity index (χ1n) is 12.0. The van der Waals surface area contributed by atoms with E-state index in [-0.39, 0.29) is 6.10 Å². The Hall–Kier alpha value is -1.79. The highest BCUT2D eigenvalue weighted by Gasteiger charge is 2.55. The molecule has 2 aromatic rings. The Labute approximate surface area is 215 Å². The van der Waals surface area contributed by atoms with Crippen molar-refractivity contribution in [3.8, 4) is 5.75 Å². The summed E-state index contributed by atoms with van der Waals surface area (Å²) in [5.41, 5.74) is 2.11. The summed E-state index contributed by atoms with van der Waals surface area (Å²) in [4.78, 5) is 0. The van der Waals surface area contributed by atoms with Gasteiger partial charge in [0.15, 0.2) is 0 Å². The quantitative estimate of drug-likeness (QED) is 0.341. The minimum absolute atomic E-state index is 0.150. The van der Waals surface area contributed by atoms with Gasteiger partial charge in [-0.05, 0) is 48.2 Å². The third-order valence-electron chi connectivity index (χ3n) is 6.61. The Balaban J connectivity index is 1.43. The molecule has 2 aromatic carbocycles. The smallest absolute Gasteiger partial charge is 0.224 e. The molecule has 4 rings (SSSR count). The first-order valence-corrected chi connectivity index (χ1v) is 12.3. The average Bonchev–Trinajstić information content (AvgIpc) is 3.42. The zero-order valence-electron chi connectivity index (χ0n) is 20.1. The van der Waals surface area contributed by atoms with Crippen LogP contribution in [0.25, 0.3) is 0 Å². The van der Waals surface area contributed by atoms with Crippen LogP contribution in [-0.2, 0) is 31.2 Å². The van der Waals surface area contributed by atoms with Crippen molar-refractivity contribution in [3.63, 3.8) is 0 Å². The standard InChI is InChI=1S/C26H33ClO9/c1-32-26(25(31)24(30)23(29)22(14-28)36-26)18-4-7-21(27)17(13-18)12-16-2-5-19(6-3-16)34-10-11-35-20-8-9-33-15-20/h2-7,13,20,22-25,28-31H,8-12,14-15H2,1H3/t20-,22+,23+,24-,25+,26?/m0/s1. The lowest BCUT2D eigenvalue weighted by Gasteiger charge is -2.47.